The third kappa shape index (κ3) is 8.57. The van der Waals surface area contributed by atoms with Crippen molar-refractivity contribution in [3.8, 4) is 0 Å². The summed E-state index contributed by atoms with van der Waals surface area (Å²) in [4.78, 5) is 16.0. The van der Waals surface area contributed by atoms with Gasteiger partial charge >= 0.3 is 0 Å². The molecule has 0 aliphatic carbocycles. The van der Waals surface area contributed by atoms with Crippen molar-refractivity contribution in [1.82, 2.24) is 10.6 Å². The van der Waals surface area contributed by atoms with Crippen molar-refractivity contribution in [3.05, 3.63) is 29.8 Å². The van der Waals surface area contributed by atoms with Gasteiger partial charge < -0.3 is 16.0 Å². The monoisotopic (exact) mass is 346 g/mol. The highest BCUT2D eigenvalue weighted by molar-refractivity contribution is 5.92. The second-order valence-corrected chi connectivity index (χ2v) is 7.28. The van der Waals surface area contributed by atoms with E-state index in [-0.39, 0.29) is 11.8 Å². The number of hydrogen-bond acceptors (Lipinski definition) is 2. The van der Waals surface area contributed by atoms with Crippen molar-refractivity contribution in [2.45, 2.75) is 60.0 Å². The molecule has 1 amide bonds. The van der Waals surface area contributed by atoms with Crippen molar-refractivity contribution in [2.75, 3.05) is 12.4 Å². The fourth-order valence-corrected chi connectivity index (χ4v) is 2.26. The summed E-state index contributed by atoms with van der Waals surface area (Å²) >= 11 is 0. The Bertz CT molecular complexity index is 549. The highest BCUT2D eigenvalue weighted by atomic mass is 16.1. The smallest absolute Gasteiger partial charge is 0.226 e. The van der Waals surface area contributed by atoms with Crippen LogP contribution in [0.1, 0.15) is 53.0 Å². The van der Waals surface area contributed by atoms with Crippen LogP contribution in [0.2, 0.25) is 0 Å². The van der Waals surface area contributed by atoms with Gasteiger partial charge in [-0.15, -0.1) is 0 Å². The van der Waals surface area contributed by atoms with Gasteiger partial charge in [0.1, 0.15) is 0 Å². The third-order valence-corrected chi connectivity index (χ3v) is 3.99. The van der Waals surface area contributed by atoms with Gasteiger partial charge in [-0.3, -0.25) is 9.79 Å². The van der Waals surface area contributed by atoms with Gasteiger partial charge in [-0.2, -0.15) is 0 Å². The van der Waals surface area contributed by atoms with Crippen LogP contribution in [0.5, 0.6) is 0 Å². The lowest BCUT2D eigenvalue weighted by atomic mass is 10.0. The van der Waals surface area contributed by atoms with Crippen molar-refractivity contribution >= 4 is 17.6 Å². The maximum Gasteiger partial charge on any atom is 0.226 e. The Labute approximate surface area is 152 Å². The maximum atomic E-state index is 11.7. The molecule has 5 nitrogen and oxygen atoms in total. The van der Waals surface area contributed by atoms with Gasteiger partial charge in [0.05, 0.1) is 0 Å². The normalized spacial score (nSPS) is 13.0. The third-order valence-electron chi connectivity index (χ3n) is 3.99. The second-order valence-electron chi connectivity index (χ2n) is 7.28. The summed E-state index contributed by atoms with van der Waals surface area (Å²) in [5.41, 5.74) is 1.97. The van der Waals surface area contributed by atoms with Gasteiger partial charge in [-0.05, 0) is 43.4 Å². The summed E-state index contributed by atoms with van der Waals surface area (Å²) in [6.45, 7) is 11.1. The fraction of sp³-hybridized carbons (Fsp3) is 0.600. The van der Waals surface area contributed by atoms with Crippen LogP contribution in [0.15, 0.2) is 29.3 Å². The number of aliphatic imine (C=N–C) groups is 1. The highest BCUT2D eigenvalue weighted by Gasteiger charge is 2.08. The van der Waals surface area contributed by atoms with Crippen LogP contribution < -0.4 is 16.0 Å². The molecule has 5 heteroatoms. The zero-order chi connectivity index (χ0) is 18.8. The first-order valence-electron chi connectivity index (χ1n) is 9.18. The van der Waals surface area contributed by atoms with Crippen molar-refractivity contribution in [1.29, 1.82) is 0 Å². The van der Waals surface area contributed by atoms with E-state index < -0.39 is 0 Å². The molecule has 1 rings (SSSR count). The van der Waals surface area contributed by atoms with Gasteiger partial charge in [0.2, 0.25) is 5.91 Å². The van der Waals surface area contributed by atoms with Crippen LogP contribution in [0, 0.1) is 11.8 Å². The number of guanidine groups is 1. The lowest BCUT2D eigenvalue weighted by Crippen LogP contribution is -2.41. The number of nitrogens with one attached hydrogen (secondary N) is 3. The average molecular weight is 347 g/mol. The molecule has 0 aliphatic rings. The van der Waals surface area contributed by atoms with E-state index in [0.29, 0.717) is 18.5 Å². The Balaban J connectivity index is 2.46. The highest BCUT2D eigenvalue weighted by Crippen LogP contribution is 2.11. The minimum atomic E-state index is -0.0200. The Morgan fingerprint density at radius 1 is 1.04 bits per heavy atom. The Hall–Kier alpha value is -2.04. The zero-order valence-electron chi connectivity index (χ0n) is 16.5. The van der Waals surface area contributed by atoms with Gasteiger partial charge in [0, 0.05) is 31.2 Å². The molecule has 1 aromatic carbocycles. The minimum absolute atomic E-state index is 0.0200. The molecule has 1 aromatic rings. The van der Waals surface area contributed by atoms with E-state index in [1.54, 1.807) is 7.05 Å². The van der Waals surface area contributed by atoms with Gasteiger partial charge in [-0.25, -0.2) is 0 Å². The van der Waals surface area contributed by atoms with Gasteiger partial charge in [-0.1, -0.05) is 39.8 Å². The van der Waals surface area contributed by atoms with E-state index in [1.165, 1.54) is 6.42 Å². The molecule has 0 radical (unpaired) electrons. The van der Waals surface area contributed by atoms with Crippen LogP contribution in [0.3, 0.4) is 0 Å². The molecule has 0 bridgehead atoms. The molecule has 0 saturated carbocycles. The predicted molar refractivity (Wildman–Crippen MR) is 107 cm³/mol. The molecule has 1 unspecified atom stereocenters. The molecule has 0 fully saturated rings. The van der Waals surface area contributed by atoms with Gasteiger partial charge in [0.15, 0.2) is 5.96 Å². The summed E-state index contributed by atoms with van der Waals surface area (Å²) in [7, 11) is 1.79. The Kier molecular flexibility index (Phi) is 9.03. The standard InChI is InChI=1S/C20H34N4O/c1-14(2)7-8-16(5)23-20(21-6)22-13-17-9-11-18(12-10-17)24-19(25)15(3)4/h9-12,14-16H,7-8,13H2,1-6H3,(H,24,25)(H2,21,22,23). The maximum absolute atomic E-state index is 11.7. The minimum Gasteiger partial charge on any atom is -0.354 e. The number of rotatable bonds is 8. The van der Waals surface area contributed by atoms with E-state index in [9.17, 15) is 4.79 Å². The molecule has 0 heterocycles. The lowest BCUT2D eigenvalue weighted by molar-refractivity contribution is -0.118. The Morgan fingerprint density at radius 3 is 2.20 bits per heavy atom. The summed E-state index contributed by atoms with van der Waals surface area (Å²) in [6, 6.07) is 8.27. The van der Waals surface area contributed by atoms with Crippen molar-refractivity contribution in [3.63, 3.8) is 0 Å². The number of nitrogens with zero attached hydrogens (tertiary/aromatic N) is 1. The molecule has 0 aliphatic heterocycles. The Morgan fingerprint density at radius 2 is 1.68 bits per heavy atom. The number of amides is 1. The summed E-state index contributed by atoms with van der Waals surface area (Å²) in [5.74, 6) is 1.54. The molecule has 0 spiro atoms. The number of carbonyl (C=O) groups is 1. The van der Waals surface area contributed by atoms with Crippen LogP contribution >= 0.6 is 0 Å². The average Bonchev–Trinajstić information content (AvgIpc) is 2.57. The number of anilines is 1. The van der Waals surface area contributed by atoms with Crippen LogP contribution in [0.4, 0.5) is 5.69 Å². The molecular formula is C20H34N4O. The topological polar surface area (TPSA) is 65.5 Å². The van der Waals surface area contributed by atoms with E-state index in [0.717, 1.165) is 23.6 Å². The molecule has 3 N–H and O–H groups in total. The number of carbonyl (C=O) groups excluding carboxylic acids is 1. The summed E-state index contributed by atoms with van der Waals surface area (Å²) < 4.78 is 0. The van der Waals surface area contributed by atoms with Crippen molar-refractivity contribution in [2.24, 2.45) is 16.8 Å². The SMILES string of the molecule is CN=C(NCc1ccc(NC(=O)C(C)C)cc1)NC(C)CCC(C)C. The molecule has 25 heavy (non-hydrogen) atoms. The summed E-state index contributed by atoms with van der Waals surface area (Å²) in [6.07, 6.45) is 2.33. The molecule has 140 valence electrons. The summed E-state index contributed by atoms with van der Waals surface area (Å²) in [5, 5.41) is 9.66. The quantitative estimate of drug-likeness (QED) is 0.496. The first-order valence-corrected chi connectivity index (χ1v) is 9.18. The number of benzene rings is 1. The number of hydrogen-bond donors (Lipinski definition) is 3. The zero-order valence-corrected chi connectivity index (χ0v) is 16.5. The molecule has 1 atom stereocenters. The van der Waals surface area contributed by atoms with E-state index in [4.69, 9.17) is 0 Å². The van der Waals surface area contributed by atoms with Crippen LogP contribution in [-0.4, -0.2) is 25.0 Å². The first-order chi connectivity index (χ1) is 11.8. The van der Waals surface area contributed by atoms with Crippen molar-refractivity contribution < 1.29 is 4.79 Å². The van der Waals surface area contributed by atoms with Gasteiger partial charge in [0.25, 0.3) is 0 Å². The van der Waals surface area contributed by atoms with Crippen LogP contribution in [0.25, 0.3) is 0 Å². The largest absolute Gasteiger partial charge is 0.354 e. The molecule has 0 saturated heterocycles. The molecule has 0 aromatic heterocycles. The van der Waals surface area contributed by atoms with E-state index in [2.05, 4.69) is 41.7 Å². The van der Waals surface area contributed by atoms with Crippen LogP contribution in [-0.2, 0) is 11.3 Å². The molecular weight excluding hydrogens is 312 g/mol. The lowest BCUT2D eigenvalue weighted by Gasteiger charge is -2.19. The first kappa shape index (κ1) is 21.0. The fourth-order valence-electron chi connectivity index (χ4n) is 2.26. The predicted octanol–water partition coefficient (Wildman–Crippen LogP) is 3.77. The second kappa shape index (κ2) is 10.7. The van der Waals surface area contributed by atoms with E-state index >= 15 is 0 Å². The van der Waals surface area contributed by atoms with E-state index in [1.807, 2.05) is 38.1 Å².